The molecule has 5 heteroatoms. The fourth-order valence-corrected chi connectivity index (χ4v) is 1.56. The van der Waals surface area contributed by atoms with Crippen molar-refractivity contribution in [3.05, 3.63) is 54.4 Å². The van der Waals surface area contributed by atoms with Gasteiger partial charge >= 0.3 is 5.97 Å². The van der Waals surface area contributed by atoms with Crippen LogP contribution in [-0.2, 0) is 11.2 Å². The summed E-state index contributed by atoms with van der Waals surface area (Å²) >= 11 is 0. The van der Waals surface area contributed by atoms with E-state index in [2.05, 4.69) is 15.0 Å². The lowest BCUT2D eigenvalue weighted by Gasteiger charge is -2.10. The molecule has 1 N–H and O–H groups in total. The van der Waals surface area contributed by atoms with Crippen LogP contribution in [0, 0.1) is 0 Å². The second-order valence-corrected chi connectivity index (χ2v) is 3.59. The smallest absolute Gasteiger partial charge is 0.312 e. The van der Waals surface area contributed by atoms with Gasteiger partial charge in [-0.15, -0.1) is 0 Å². The third kappa shape index (κ3) is 2.84. The molecule has 0 saturated carbocycles. The minimum atomic E-state index is -0.908. The summed E-state index contributed by atoms with van der Waals surface area (Å²) in [6.45, 7) is 0. The molecule has 2 rings (SSSR count). The first-order valence-electron chi connectivity index (χ1n) is 5.15. The van der Waals surface area contributed by atoms with Gasteiger partial charge < -0.3 is 5.11 Å². The van der Waals surface area contributed by atoms with E-state index in [4.69, 9.17) is 0 Å². The second-order valence-electron chi connectivity index (χ2n) is 3.59. The number of hydrogen-bond donors (Lipinski definition) is 1. The quantitative estimate of drug-likeness (QED) is 0.854. The van der Waals surface area contributed by atoms with Crippen molar-refractivity contribution in [1.29, 1.82) is 0 Å². The van der Waals surface area contributed by atoms with Crippen LogP contribution in [0.1, 0.15) is 17.2 Å². The van der Waals surface area contributed by atoms with Gasteiger partial charge in [0.05, 0.1) is 5.69 Å². The molecule has 5 nitrogen and oxygen atoms in total. The van der Waals surface area contributed by atoms with Crippen molar-refractivity contribution in [2.45, 2.75) is 12.3 Å². The molecule has 17 heavy (non-hydrogen) atoms. The molecular weight excluding hydrogens is 218 g/mol. The summed E-state index contributed by atoms with van der Waals surface area (Å²) in [7, 11) is 0. The minimum Gasteiger partial charge on any atom is -0.481 e. The van der Waals surface area contributed by atoms with E-state index in [0.29, 0.717) is 12.1 Å². The molecule has 0 radical (unpaired) electrons. The Kier molecular flexibility index (Phi) is 3.40. The highest BCUT2D eigenvalue weighted by molar-refractivity contribution is 5.75. The van der Waals surface area contributed by atoms with Gasteiger partial charge in [-0.2, -0.15) is 0 Å². The maximum absolute atomic E-state index is 11.2. The maximum Gasteiger partial charge on any atom is 0.312 e. The van der Waals surface area contributed by atoms with E-state index in [-0.39, 0.29) is 0 Å². The third-order valence-corrected chi connectivity index (χ3v) is 2.40. The van der Waals surface area contributed by atoms with Gasteiger partial charge in [-0.05, 0) is 18.1 Å². The fourth-order valence-electron chi connectivity index (χ4n) is 1.56. The van der Waals surface area contributed by atoms with Gasteiger partial charge in [-0.3, -0.25) is 19.7 Å². The lowest BCUT2D eigenvalue weighted by Crippen LogP contribution is -2.16. The predicted octanol–water partition coefficient (Wildman–Crippen LogP) is 1.28. The minimum absolute atomic E-state index is 0.363. The lowest BCUT2D eigenvalue weighted by molar-refractivity contribution is -0.138. The number of carbonyl (C=O) groups is 1. The van der Waals surface area contributed by atoms with Crippen molar-refractivity contribution >= 4 is 5.97 Å². The fraction of sp³-hybridized carbons (Fsp3) is 0.167. The molecule has 86 valence electrons. The summed E-state index contributed by atoms with van der Waals surface area (Å²) < 4.78 is 0. The number of pyridine rings is 1. The molecule has 0 aliphatic heterocycles. The average Bonchev–Trinajstić information content (AvgIpc) is 2.38. The first kappa shape index (κ1) is 11.2. The molecule has 0 fully saturated rings. The van der Waals surface area contributed by atoms with Crippen molar-refractivity contribution in [3.63, 3.8) is 0 Å². The van der Waals surface area contributed by atoms with E-state index in [1.165, 1.54) is 18.6 Å². The topological polar surface area (TPSA) is 76.0 Å². The van der Waals surface area contributed by atoms with Crippen molar-refractivity contribution < 1.29 is 9.90 Å². The van der Waals surface area contributed by atoms with Crippen molar-refractivity contribution in [1.82, 2.24) is 15.0 Å². The molecule has 2 aromatic heterocycles. The number of hydrogen-bond acceptors (Lipinski definition) is 4. The third-order valence-electron chi connectivity index (χ3n) is 2.40. The first-order chi connectivity index (χ1) is 8.27. The molecule has 1 atom stereocenters. The van der Waals surface area contributed by atoms with Gasteiger partial charge in [0.2, 0.25) is 0 Å². The molecule has 0 bridgehead atoms. The maximum atomic E-state index is 11.2. The normalized spacial score (nSPS) is 12.0. The van der Waals surface area contributed by atoms with Crippen molar-refractivity contribution in [2.75, 3.05) is 0 Å². The zero-order valence-electron chi connectivity index (χ0n) is 9.02. The number of nitrogens with zero attached hydrogens (tertiary/aromatic N) is 3. The predicted molar refractivity (Wildman–Crippen MR) is 60.3 cm³/mol. The zero-order chi connectivity index (χ0) is 12.1. The Morgan fingerprint density at radius 2 is 2.06 bits per heavy atom. The number of carboxylic acids is 1. The van der Waals surface area contributed by atoms with E-state index in [1.807, 2.05) is 6.07 Å². The number of aromatic nitrogens is 3. The Balaban J connectivity index is 2.23. The van der Waals surface area contributed by atoms with E-state index in [1.54, 1.807) is 18.5 Å². The molecule has 0 saturated heterocycles. The zero-order valence-corrected chi connectivity index (χ0v) is 9.02. The largest absolute Gasteiger partial charge is 0.481 e. The summed E-state index contributed by atoms with van der Waals surface area (Å²) in [6.07, 6.45) is 8.17. The Bertz CT molecular complexity index is 488. The SMILES string of the molecule is O=C(O)C(Cc1cccnc1)c1cnccn1. The van der Waals surface area contributed by atoms with Crippen LogP contribution >= 0.6 is 0 Å². The molecular formula is C12H11N3O2. The van der Waals surface area contributed by atoms with Gasteiger partial charge in [0.15, 0.2) is 0 Å². The van der Waals surface area contributed by atoms with E-state index in [9.17, 15) is 9.90 Å². The monoisotopic (exact) mass is 229 g/mol. The summed E-state index contributed by atoms with van der Waals surface area (Å²) in [5.41, 5.74) is 1.33. The summed E-state index contributed by atoms with van der Waals surface area (Å²) in [5.74, 6) is -1.60. The van der Waals surface area contributed by atoms with Gasteiger partial charge in [0, 0.05) is 31.0 Å². The summed E-state index contributed by atoms with van der Waals surface area (Å²) in [5, 5.41) is 9.20. The van der Waals surface area contributed by atoms with E-state index >= 15 is 0 Å². The average molecular weight is 229 g/mol. The Morgan fingerprint density at radius 1 is 1.24 bits per heavy atom. The first-order valence-corrected chi connectivity index (χ1v) is 5.15. The van der Waals surface area contributed by atoms with Crippen LogP contribution in [0.2, 0.25) is 0 Å². The molecule has 2 heterocycles. The van der Waals surface area contributed by atoms with Gasteiger partial charge in [0.1, 0.15) is 5.92 Å². The Hall–Kier alpha value is -2.30. The molecule has 0 amide bonds. The van der Waals surface area contributed by atoms with Gasteiger partial charge in [-0.25, -0.2) is 0 Å². The highest BCUT2D eigenvalue weighted by atomic mass is 16.4. The Morgan fingerprint density at radius 3 is 2.65 bits per heavy atom. The van der Waals surface area contributed by atoms with Crippen LogP contribution in [0.4, 0.5) is 0 Å². The number of rotatable bonds is 4. The standard InChI is InChI=1S/C12H11N3O2/c16-12(17)10(11-8-14-4-5-15-11)6-9-2-1-3-13-7-9/h1-5,7-8,10H,6H2,(H,16,17). The van der Waals surface area contributed by atoms with Crippen LogP contribution in [0.25, 0.3) is 0 Å². The number of aliphatic carboxylic acids is 1. The molecule has 1 unspecified atom stereocenters. The van der Waals surface area contributed by atoms with Gasteiger partial charge in [-0.1, -0.05) is 6.07 Å². The number of carboxylic acid groups (broad SMARTS) is 1. The highest BCUT2D eigenvalue weighted by Gasteiger charge is 2.21. The molecule has 0 aliphatic carbocycles. The van der Waals surface area contributed by atoms with Crippen LogP contribution < -0.4 is 0 Å². The molecule has 0 aliphatic rings. The summed E-state index contributed by atoms with van der Waals surface area (Å²) in [4.78, 5) is 23.1. The van der Waals surface area contributed by atoms with Crippen LogP contribution in [0.3, 0.4) is 0 Å². The highest BCUT2D eigenvalue weighted by Crippen LogP contribution is 2.18. The van der Waals surface area contributed by atoms with Crippen molar-refractivity contribution in [3.8, 4) is 0 Å². The van der Waals surface area contributed by atoms with Crippen LogP contribution in [-0.4, -0.2) is 26.0 Å². The van der Waals surface area contributed by atoms with Crippen LogP contribution in [0.5, 0.6) is 0 Å². The lowest BCUT2D eigenvalue weighted by atomic mass is 9.97. The van der Waals surface area contributed by atoms with E-state index in [0.717, 1.165) is 5.56 Å². The summed E-state index contributed by atoms with van der Waals surface area (Å²) in [6, 6.07) is 3.63. The van der Waals surface area contributed by atoms with Crippen molar-refractivity contribution in [2.24, 2.45) is 0 Å². The molecule has 2 aromatic rings. The van der Waals surface area contributed by atoms with E-state index < -0.39 is 11.9 Å². The van der Waals surface area contributed by atoms with Gasteiger partial charge in [0.25, 0.3) is 0 Å². The van der Waals surface area contributed by atoms with Crippen LogP contribution in [0.15, 0.2) is 43.1 Å². The molecule has 0 aromatic carbocycles. The Labute approximate surface area is 98.2 Å². The second kappa shape index (κ2) is 5.16. The molecule has 0 spiro atoms.